The van der Waals surface area contributed by atoms with E-state index >= 15 is 0 Å². The zero-order valence-corrected chi connectivity index (χ0v) is 26.3. The average molecular weight is 701 g/mol. The van der Waals surface area contributed by atoms with Crippen molar-refractivity contribution in [2.75, 3.05) is 24.7 Å². The number of aromatic nitrogens is 8. The van der Waals surface area contributed by atoms with Crippen LogP contribution in [0.1, 0.15) is 11.8 Å². The van der Waals surface area contributed by atoms with Gasteiger partial charge in [-0.1, -0.05) is 12.2 Å². The summed E-state index contributed by atoms with van der Waals surface area (Å²) in [5, 5.41) is 21.2. The Hall–Kier alpha value is -2.58. The van der Waals surface area contributed by atoms with E-state index in [1.165, 1.54) is 23.5 Å². The summed E-state index contributed by atoms with van der Waals surface area (Å²) in [7, 11) is -4.90. The normalized spacial score (nSPS) is 41.4. The van der Waals surface area contributed by atoms with E-state index < -0.39 is 78.5 Å². The third-order valence-electron chi connectivity index (χ3n) is 9.15. The van der Waals surface area contributed by atoms with Gasteiger partial charge >= 0.3 is 7.82 Å². The van der Waals surface area contributed by atoms with E-state index in [4.69, 9.17) is 25.0 Å². The van der Waals surface area contributed by atoms with E-state index in [0.717, 1.165) is 11.8 Å². The second-order valence-corrected chi connectivity index (χ2v) is 17.9. The predicted molar refractivity (Wildman–Crippen MR) is 161 cm³/mol. The van der Waals surface area contributed by atoms with Crippen molar-refractivity contribution >= 4 is 72.5 Å². The highest BCUT2D eigenvalue weighted by atomic mass is 32.7. The van der Waals surface area contributed by atoms with Gasteiger partial charge in [0.15, 0.2) is 22.6 Å². The lowest BCUT2D eigenvalue weighted by Gasteiger charge is -2.33. The summed E-state index contributed by atoms with van der Waals surface area (Å²) in [6.07, 6.45) is 0.260. The third kappa shape index (κ3) is 4.37. The maximum Gasteiger partial charge on any atom is 0.472 e. The van der Waals surface area contributed by atoms with E-state index in [2.05, 4.69) is 42.2 Å². The average Bonchev–Trinajstić information content (AvgIpc) is 3.24. The number of nitrogen functional groups attached to an aromatic ring is 2. The molecular formula is C22H26N10O9P2S2. The summed E-state index contributed by atoms with van der Waals surface area (Å²) < 4.78 is 47.7. The molecule has 0 radical (unpaired) electrons. The molecule has 8 rings (SSSR count). The van der Waals surface area contributed by atoms with Crippen LogP contribution in [0.25, 0.3) is 22.3 Å². The van der Waals surface area contributed by atoms with E-state index in [0.29, 0.717) is 17.6 Å². The zero-order valence-electron chi connectivity index (χ0n) is 22.8. The van der Waals surface area contributed by atoms with E-state index in [1.807, 2.05) is 0 Å². The molecule has 2 aliphatic carbocycles. The fourth-order valence-corrected chi connectivity index (χ4v) is 12.8. The number of thioether (sulfide) groups is 1. The first-order valence-corrected chi connectivity index (χ1v) is 18.9. The zero-order chi connectivity index (χ0) is 31.6. The van der Waals surface area contributed by atoms with Gasteiger partial charge in [-0.3, -0.25) is 28.0 Å². The van der Waals surface area contributed by atoms with Crippen molar-refractivity contribution in [3.8, 4) is 0 Å². The highest BCUT2D eigenvalue weighted by molar-refractivity contribution is 8.46. The molecule has 0 aromatic carbocycles. The topological polar surface area (TPSA) is 282 Å². The smallest absolute Gasteiger partial charge is 0.390 e. The van der Waals surface area contributed by atoms with Crippen LogP contribution in [0, 0.1) is 11.8 Å². The van der Waals surface area contributed by atoms with Gasteiger partial charge in [-0.15, -0.1) is 11.8 Å². The van der Waals surface area contributed by atoms with E-state index in [1.54, 1.807) is 4.57 Å². The van der Waals surface area contributed by atoms with Crippen LogP contribution >= 0.6 is 38.4 Å². The molecule has 2 aliphatic heterocycles. The van der Waals surface area contributed by atoms with E-state index in [-0.39, 0.29) is 29.5 Å². The standard InChI is InChI=1S/C22H26N10O9P2S2/c23-16-10-17(26-4-25-16)32(6-28-10)22-1-8(22)7-2-40-43(37,38)41-13-12(33)9(3-39-42(36,44)14(7)15(22)34)45-20(13)31-5-27-11-18(31)29-21(24)30-19(11)35/h4-9,12-15,20,33-34H,1-3H2,(H,36,44)(H,37,38)(H2,23,25,26)(H3,24,29,30,35)/t7-,8-,9+,12+,13+,14+,15+,20+,22?,42+/m0/s1. The highest BCUT2D eigenvalue weighted by Gasteiger charge is 2.75. The predicted octanol–water partition coefficient (Wildman–Crippen LogP) is -0.171. The lowest BCUT2D eigenvalue weighted by Crippen LogP contribution is -2.40. The number of hydrogen-bond acceptors (Lipinski definition) is 16. The Morgan fingerprint density at radius 3 is 2.67 bits per heavy atom. The van der Waals surface area contributed by atoms with Crippen LogP contribution in [-0.2, 0) is 28.2 Å². The maximum atomic E-state index is 14.2. The van der Waals surface area contributed by atoms with Crippen LogP contribution in [-0.4, -0.2) is 96.6 Å². The molecule has 0 spiro atoms. The van der Waals surface area contributed by atoms with Crippen molar-refractivity contribution in [1.29, 1.82) is 0 Å². The summed E-state index contributed by atoms with van der Waals surface area (Å²) in [5.74, 6) is -1.19. The third-order valence-corrected chi connectivity index (χ3v) is 14.8. The molecule has 45 heavy (non-hydrogen) atoms. The van der Waals surface area contributed by atoms with Crippen molar-refractivity contribution in [3.63, 3.8) is 0 Å². The molecule has 19 nitrogen and oxygen atoms in total. The van der Waals surface area contributed by atoms with Crippen LogP contribution in [0.5, 0.6) is 0 Å². The molecule has 6 heterocycles. The van der Waals surface area contributed by atoms with Crippen LogP contribution in [0.3, 0.4) is 0 Å². The highest BCUT2D eigenvalue weighted by Crippen LogP contribution is 2.75. The van der Waals surface area contributed by atoms with Gasteiger partial charge < -0.3 is 35.7 Å². The lowest BCUT2D eigenvalue weighted by atomic mass is 10.0. The molecule has 0 amide bonds. The minimum absolute atomic E-state index is 0.0477. The van der Waals surface area contributed by atoms with Gasteiger partial charge in [-0.2, -0.15) is 4.98 Å². The number of nitrogens with two attached hydrogens (primary N) is 2. The monoisotopic (exact) mass is 700 g/mol. The Kier molecular flexibility index (Phi) is 6.60. The number of phosphoric acid groups is 1. The van der Waals surface area contributed by atoms with Gasteiger partial charge in [0.25, 0.3) is 12.1 Å². The first-order valence-electron chi connectivity index (χ1n) is 13.6. The maximum absolute atomic E-state index is 14.2. The molecule has 2 bridgehead atoms. The first kappa shape index (κ1) is 29.8. The number of thiol groups is 1. The molecule has 2 unspecified atom stereocenters. The van der Waals surface area contributed by atoms with E-state index in [9.17, 15) is 29.0 Å². The van der Waals surface area contributed by atoms with Crippen molar-refractivity contribution in [3.05, 3.63) is 29.3 Å². The SMILES string of the molecule is Nc1nc2c(ncn2[C@@H]2S[C@@H]3CO[P@@](=O)(S)[C@@H]4[C@@H](COP(=O)(O)O[C@@H]2[C@@H]3O)[C@@H]2CC2(n2cnc3c(N)ncnc32)[C@@H]4O)c(=O)[nH]1. The molecule has 240 valence electrons. The first-order chi connectivity index (χ1) is 21.3. The van der Waals surface area contributed by atoms with Crippen LogP contribution in [0.4, 0.5) is 11.8 Å². The molecule has 11 atom stereocenters. The van der Waals surface area contributed by atoms with Gasteiger partial charge in [0.1, 0.15) is 23.3 Å². The van der Waals surface area contributed by atoms with Gasteiger partial charge in [0.05, 0.1) is 54.5 Å². The fourth-order valence-electron chi connectivity index (χ4n) is 7.09. The van der Waals surface area contributed by atoms with Gasteiger partial charge in [0.2, 0.25) is 5.95 Å². The van der Waals surface area contributed by atoms with Crippen molar-refractivity contribution in [2.24, 2.45) is 11.8 Å². The molecule has 4 aromatic rings. The number of nitrogens with zero attached hydrogens (tertiary/aromatic N) is 7. The molecule has 4 aromatic heterocycles. The van der Waals surface area contributed by atoms with Gasteiger partial charge in [-0.25, -0.2) is 24.5 Å². The Labute approximate surface area is 261 Å². The summed E-state index contributed by atoms with van der Waals surface area (Å²) in [6.45, 7) is -4.79. The number of fused-ring (bicyclic) bond motifs is 7. The molecule has 2 saturated carbocycles. The molecular weight excluding hydrogens is 674 g/mol. The largest absolute Gasteiger partial charge is 0.472 e. The molecule has 8 N–H and O–H groups in total. The number of aliphatic hydroxyl groups is 2. The quantitative estimate of drug-likeness (QED) is 0.106. The second-order valence-electron chi connectivity index (χ2n) is 11.5. The van der Waals surface area contributed by atoms with Crippen molar-refractivity contribution in [2.45, 2.75) is 46.6 Å². The summed E-state index contributed by atoms with van der Waals surface area (Å²) >= 11 is 5.49. The van der Waals surface area contributed by atoms with Gasteiger partial charge in [-0.05, 0) is 12.3 Å². The second kappa shape index (κ2) is 9.96. The number of aliphatic hydroxyl groups excluding tert-OH is 2. The minimum Gasteiger partial charge on any atom is -0.390 e. The Bertz CT molecular complexity index is 2030. The van der Waals surface area contributed by atoms with Gasteiger partial charge in [0, 0.05) is 5.92 Å². The number of imidazole rings is 2. The summed E-state index contributed by atoms with van der Waals surface area (Å²) in [6, 6.07) is 0. The molecule has 4 aliphatic rings. The van der Waals surface area contributed by atoms with Crippen LogP contribution < -0.4 is 17.0 Å². The lowest BCUT2D eigenvalue weighted by molar-refractivity contribution is -0.000753. The molecule has 4 fully saturated rings. The number of aromatic amines is 1. The molecule has 2 saturated heterocycles. The van der Waals surface area contributed by atoms with Crippen molar-refractivity contribution < 1.29 is 37.8 Å². The Morgan fingerprint density at radius 1 is 1.09 bits per heavy atom. The summed E-state index contributed by atoms with van der Waals surface area (Å²) in [5.41, 5.74) is 9.62. The Morgan fingerprint density at radius 2 is 1.87 bits per heavy atom. The van der Waals surface area contributed by atoms with Crippen molar-refractivity contribution in [1.82, 2.24) is 39.0 Å². The minimum atomic E-state index is -4.90. The molecule has 23 heteroatoms. The summed E-state index contributed by atoms with van der Waals surface area (Å²) in [4.78, 5) is 46.4. The number of phosphoric ester groups is 1. The number of hydrogen-bond donors (Lipinski definition) is 7. The number of anilines is 2. The number of rotatable bonds is 2. The fraction of sp³-hybridized carbons (Fsp3) is 0.545. The Balaban J connectivity index is 1.15. The van der Waals surface area contributed by atoms with Crippen LogP contribution in [0.15, 0.2) is 23.8 Å². The number of H-pyrrole nitrogens is 1. The number of nitrogens with one attached hydrogen (secondary N) is 1. The van der Waals surface area contributed by atoms with Crippen LogP contribution in [0.2, 0.25) is 0 Å².